The second-order valence-electron chi connectivity index (χ2n) is 8.84. The first-order valence-corrected chi connectivity index (χ1v) is 12.3. The summed E-state index contributed by atoms with van der Waals surface area (Å²) >= 11 is 0. The third kappa shape index (κ3) is 4.62. The molecule has 2 heterocycles. The number of piperazine rings is 1. The lowest BCUT2D eigenvalue weighted by Gasteiger charge is -2.55. The van der Waals surface area contributed by atoms with Gasteiger partial charge >= 0.3 is 12.1 Å². The molecule has 2 saturated heterocycles. The molecule has 12 heteroatoms. The van der Waals surface area contributed by atoms with Crippen LogP contribution in [-0.4, -0.2) is 97.0 Å². The Morgan fingerprint density at radius 2 is 1.61 bits per heavy atom. The lowest BCUT2D eigenvalue weighted by Crippen LogP contribution is -2.74. The molecule has 2 fully saturated rings. The summed E-state index contributed by atoms with van der Waals surface area (Å²) < 4.78 is 28.2. The first-order chi connectivity index (χ1) is 15.3. The molecule has 0 aromatic heterocycles. The minimum absolute atomic E-state index is 0.287. The van der Waals surface area contributed by atoms with Crippen LogP contribution in [0.3, 0.4) is 0 Å². The van der Waals surface area contributed by atoms with Crippen LogP contribution in [-0.2, 0) is 23.9 Å². The summed E-state index contributed by atoms with van der Waals surface area (Å²) in [4.78, 5) is 42.6. The molecular weight excluding hydrogens is 454 g/mol. The number of para-hydroxylation sites is 1. The van der Waals surface area contributed by atoms with Gasteiger partial charge in [0.1, 0.15) is 5.54 Å². The van der Waals surface area contributed by atoms with Crippen LogP contribution >= 0.6 is 0 Å². The van der Waals surface area contributed by atoms with Crippen LogP contribution in [0, 0.1) is 5.41 Å². The Labute approximate surface area is 192 Å². The summed E-state index contributed by atoms with van der Waals surface area (Å²) in [7, 11) is -3.97. The number of piperidine rings is 1. The number of carboxylic acid groups (broad SMARTS) is 2. The van der Waals surface area contributed by atoms with Crippen molar-refractivity contribution in [1.29, 1.82) is 0 Å². The Kier molecular flexibility index (Phi) is 6.62. The normalized spacial score (nSPS) is 28.5. The molecule has 2 N–H and O–H groups in total. The van der Waals surface area contributed by atoms with Gasteiger partial charge in [0.15, 0.2) is 0 Å². The number of nitrogens with zero attached hydrogens (tertiary/aromatic N) is 3. The summed E-state index contributed by atoms with van der Waals surface area (Å²) in [6.45, 7) is 3.70. The fourth-order valence-electron chi connectivity index (χ4n) is 4.75. The molecular formula is C21H29N3O8S. The fourth-order valence-corrected chi connectivity index (χ4v) is 5.37. The van der Waals surface area contributed by atoms with Crippen LogP contribution in [0.5, 0.6) is 0 Å². The largest absolute Gasteiger partial charge is 0.481 e. The van der Waals surface area contributed by atoms with E-state index in [0.29, 0.717) is 18.0 Å². The lowest BCUT2D eigenvalue weighted by atomic mass is 9.64. The number of hydrogen-bond acceptors (Lipinski definition) is 7. The van der Waals surface area contributed by atoms with E-state index in [1.54, 1.807) is 0 Å². The molecule has 1 aromatic carbocycles. The van der Waals surface area contributed by atoms with E-state index in [-0.39, 0.29) is 19.5 Å². The average molecular weight is 484 g/mol. The van der Waals surface area contributed by atoms with Crippen LogP contribution in [0.25, 0.3) is 0 Å². The van der Waals surface area contributed by atoms with Crippen molar-refractivity contribution in [3.63, 3.8) is 0 Å². The summed E-state index contributed by atoms with van der Waals surface area (Å²) in [6, 6.07) is 9.63. The van der Waals surface area contributed by atoms with Crippen molar-refractivity contribution in [2.75, 3.05) is 43.9 Å². The van der Waals surface area contributed by atoms with Crippen LogP contribution < -0.4 is 4.90 Å². The molecule has 1 aromatic rings. The van der Waals surface area contributed by atoms with Crippen LogP contribution in [0.15, 0.2) is 30.3 Å². The van der Waals surface area contributed by atoms with Gasteiger partial charge in [-0.15, -0.1) is 0 Å². The third-order valence-corrected chi connectivity index (χ3v) is 7.38. The molecule has 33 heavy (non-hydrogen) atoms. The van der Waals surface area contributed by atoms with Gasteiger partial charge in [0.25, 0.3) is 10.1 Å². The fraction of sp³-hybridized carbons (Fsp3) is 0.571. The average Bonchev–Trinajstić information content (AvgIpc) is 2.75. The molecule has 2 amide bonds. The topological polar surface area (TPSA) is 145 Å². The molecule has 2 aliphatic heterocycles. The predicted molar refractivity (Wildman–Crippen MR) is 118 cm³/mol. The van der Waals surface area contributed by atoms with E-state index in [2.05, 4.69) is 4.90 Å². The van der Waals surface area contributed by atoms with Gasteiger partial charge in [-0.2, -0.15) is 8.42 Å². The second kappa shape index (κ2) is 8.82. The van der Waals surface area contributed by atoms with Crippen molar-refractivity contribution in [3.05, 3.63) is 30.3 Å². The molecule has 0 radical (unpaired) electrons. The zero-order chi connectivity index (χ0) is 24.6. The maximum Gasteiger partial charge on any atom is 0.408 e. The Bertz CT molecular complexity index is 1030. The zero-order valence-corrected chi connectivity index (χ0v) is 19.6. The van der Waals surface area contributed by atoms with E-state index in [9.17, 15) is 33.0 Å². The standard InChI is InChI=1S/C21H29N3O8S/c1-20(18(26)27)13-16(32-33(3,30)31)14-24(19(28)29)21(20,2)17(25)23-11-9-22(10-12-23)15-7-5-4-6-8-15/h4-8,16H,9-14H2,1-3H3,(H,26,27)(H,28,29)/t16-,20-,21-/m1/s1. The highest BCUT2D eigenvalue weighted by Gasteiger charge is 2.65. The van der Waals surface area contributed by atoms with Gasteiger partial charge in [-0.1, -0.05) is 18.2 Å². The minimum atomic E-state index is -3.97. The first-order valence-electron chi connectivity index (χ1n) is 10.5. The highest BCUT2D eigenvalue weighted by Crippen LogP contribution is 2.46. The number of rotatable bonds is 5. The quantitative estimate of drug-likeness (QED) is 0.584. The molecule has 2 aliphatic rings. The van der Waals surface area contributed by atoms with E-state index in [1.165, 1.54) is 18.7 Å². The minimum Gasteiger partial charge on any atom is -0.481 e. The summed E-state index contributed by atoms with van der Waals surface area (Å²) in [5.41, 5.74) is -2.89. The smallest absolute Gasteiger partial charge is 0.408 e. The second-order valence-corrected chi connectivity index (χ2v) is 10.4. The van der Waals surface area contributed by atoms with Gasteiger partial charge in [-0.05, 0) is 32.4 Å². The van der Waals surface area contributed by atoms with Crippen LogP contribution in [0.1, 0.15) is 20.3 Å². The Balaban J connectivity index is 1.90. The van der Waals surface area contributed by atoms with Crippen molar-refractivity contribution < 1.29 is 37.2 Å². The molecule has 0 saturated carbocycles. The number of aliphatic carboxylic acids is 1. The van der Waals surface area contributed by atoms with Crippen molar-refractivity contribution in [2.24, 2.45) is 5.41 Å². The summed E-state index contributed by atoms with van der Waals surface area (Å²) in [5.74, 6) is -2.03. The number of benzene rings is 1. The molecule has 3 atom stereocenters. The monoisotopic (exact) mass is 483 g/mol. The van der Waals surface area contributed by atoms with Gasteiger partial charge in [0.05, 0.1) is 24.3 Å². The van der Waals surface area contributed by atoms with Gasteiger partial charge in [0, 0.05) is 31.9 Å². The van der Waals surface area contributed by atoms with Gasteiger partial charge in [0.2, 0.25) is 5.91 Å². The van der Waals surface area contributed by atoms with E-state index in [4.69, 9.17) is 4.18 Å². The molecule has 11 nitrogen and oxygen atoms in total. The number of likely N-dealkylation sites (tertiary alicyclic amines) is 1. The number of carbonyl (C=O) groups is 3. The van der Waals surface area contributed by atoms with Crippen molar-refractivity contribution in [2.45, 2.75) is 31.9 Å². The molecule has 0 bridgehead atoms. The molecule has 0 spiro atoms. The number of carbonyl (C=O) groups excluding carboxylic acids is 1. The van der Waals surface area contributed by atoms with Gasteiger partial charge < -0.3 is 20.0 Å². The highest BCUT2D eigenvalue weighted by atomic mass is 32.2. The van der Waals surface area contributed by atoms with E-state index < -0.39 is 51.7 Å². The van der Waals surface area contributed by atoms with E-state index in [0.717, 1.165) is 11.9 Å². The highest BCUT2D eigenvalue weighted by molar-refractivity contribution is 7.86. The Hall–Kier alpha value is -2.86. The first kappa shape index (κ1) is 24.8. The zero-order valence-electron chi connectivity index (χ0n) is 18.8. The van der Waals surface area contributed by atoms with E-state index >= 15 is 0 Å². The Morgan fingerprint density at radius 3 is 2.09 bits per heavy atom. The summed E-state index contributed by atoms with van der Waals surface area (Å²) in [5, 5.41) is 20.0. The maximum absolute atomic E-state index is 13.7. The lowest BCUT2D eigenvalue weighted by molar-refractivity contribution is -0.179. The van der Waals surface area contributed by atoms with Crippen LogP contribution in [0.2, 0.25) is 0 Å². The number of hydrogen-bond donors (Lipinski definition) is 2. The van der Waals surface area contributed by atoms with Crippen LogP contribution in [0.4, 0.5) is 10.5 Å². The number of amides is 2. The maximum atomic E-state index is 13.7. The van der Waals surface area contributed by atoms with Crippen molar-refractivity contribution in [3.8, 4) is 0 Å². The van der Waals surface area contributed by atoms with Gasteiger partial charge in [-0.3, -0.25) is 18.7 Å². The number of carboxylic acids is 1. The predicted octanol–water partition coefficient (Wildman–Crippen LogP) is 0.913. The molecule has 3 rings (SSSR count). The molecule has 0 aliphatic carbocycles. The summed E-state index contributed by atoms with van der Waals surface area (Å²) in [6.07, 6.45) is -2.29. The molecule has 0 unspecified atom stereocenters. The van der Waals surface area contributed by atoms with E-state index in [1.807, 2.05) is 30.3 Å². The molecule has 182 valence electrons. The van der Waals surface area contributed by atoms with Gasteiger partial charge in [-0.25, -0.2) is 4.79 Å². The SMILES string of the molecule is C[C@]1(C(=O)N2CCN(c3ccccc3)CC2)N(C(=O)O)C[C@H](OS(C)(=O)=O)C[C@]1(C)C(=O)O. The Morgan fingerprint density at radius 1 is 1.03 bits per heavy atom. The van der Waals surface area contributed by atoms with Crippen molar-refractivity contribution >= 4 is 33.8 Å². The third-order valence-electron chi connectivity index (χ3n) is 6.75. The van der Waals surface area contributed by atoms with Crippen molar-refractivity contribution in [1.82, 2.24) is 9.80 Å². The number of anilines is 1.